The van der Waals surface area contributed by atoms with Crippen LogP contribution in [0.5, 0.6) is 0 Å². The van der Waals surface area contributed by atoms with Gasteiger partial charge in [0.2, 0.25) is 0 Å². The molecule has 0 spiro atoms. The Morgan fingerprint density at radius 3 is 2.48 bits per heavy atom. The third-order valence-corrected chi connectivity index (χ3v) is 5.93. The van der Waals surface area contributed by atoms with Crippen LogP contribution in [0, 0.1) is 10.1 Å². The van der Waals surface area contributed by atoms with Gasteiger partial charge in [-0.2, -0.15) is 0 Å². The molecule has 2 aromatic carbocycles. The van der Waals surface area contributed by atoms with Crippen molar-refractivity contribution >= 4 is 21.2 Å². The van der Waals surface area contributed by atoms with Crippen LogP contribution in [-0.4, -0.2) is 32.7 Å². The minimum absolute atomic E-state index is 0.0367. The summed E-state index contributed by atoms with van der Waals surface area (Å²) in [5.41, 5.74) is 2.86. The van der Waals surface area contributed by atoms with Crippen molar-refractivity contribution in [3.63, 3.8) is 0 Å². The molecule has 0 N–H and O–H groups in total. The lowest BCUT2D eigenvalue weighted by Crippen LogP contribution is -2.36. The first-order valence-corrected chi connectivity index (χ1v) is 9.94. The summed E-state index contributed by atoms with van der Waals surface area (Å²) in [5.74, 6) is 0. The van der Waals surface area contributed by atoms with Crippen molar-refractivity contribution in [2.24, 2.45) is 0 Å². The zero-order valence-corrected chi connectivity index (χ0v) is 15.0. The van der Waals surface area contributed by atoms with Crippen LogP contribution in [-0.2, 0) is 22.7 Å². The summed E-state index contributed by atoms with van der Waals surface area (Å²) in [7, 11) is -1.65. The predicted octanol–water partition coefficient (Wildman–Crippen LogP) is 2.99. The number of rotatable bonds is 4. The van der Waals surface area contributed by atoms with Crippen LogP contribution >= 0.6 is 0 Å². The molecule has 2 aromatic rings. The maximum atomic E-state index is 11.7. The van der Waals surface area contributed by atoms with Crippen LogP contribution < -0.4 is 4.90 Å². The number of aryl methyl sites for hydroxylation is 1. The average molecular weight is 360 g/mol. The lowest BCUT2D eigenvalue weighted by atomic mass is 9.87. The van der Waals surface area contributed by atoms with Crippen molar-refractivity contribution < 1.29 is 13.3 Å². The fraction of sp³-hybridized carbons (Fsp3) is 0.333. The average Bonchev–Trinajstić information content (AvgIpc) is 2.59. The molecule has 0 fully saturated rings. The number of nitro benzene ring substituents is 1. The molecular weight excluding hydrogens is 340 g/mol. The monoisotopic (exact) mass is 360 g/mol. The molecular formula is C18H20N2O4S. The van der Waals surface area contributed by atoms with Gasteiger partial charge in [0.15, 0.2) is 9.84 Å². The van der Waals surface area contributed by atoms with E-state index in [0.29, 0.717) is 5.69 Å². The number of hydrogen-bond donors (Lipinski definition) is 0. The third kappa shape index (κ3) is 3.51. The van der Waals surface area contributed by atoms with Crippen molar-refractivity contribution in [2.45, 2.75) is 30.2 Å². The second-order valence-corrected chi connectivity index (χ2v) is 8.47. The predicted molar refractivity (Wildman–Crippen MR) is 96.9 cm³/mol. The van der Waals surface area contributed by atoms with E-state index in [4.69, 9.17) is 0 Å². The summed E-state index contributed by atoms with van der Waals surface area (Å²) < 4.78 is 23.4. The minimum atomic E-state index is -3.49. The topological polar surface area (TPSA) is 80.5 Å². The van der Waals surface area contributed by atoms with Gasteiger partial charge < -0.3 is 4.90 Å². The van der Waals surface area contributed by atoms with Gasteiger partial charge in [-0.1, -0.05) is 24.3 Å². The molecule has 0 radical (unpaired) electrons. The molecule has 132 valence electrons. The first-order valence-electron chi connectivity index (χ1n) is 8.05. The first kappa shape index (κ1) is 17.4. The molecule has 25 heavy (non-hydrogen) atoms. The Balaban J connectivity index is 1.95. The number of hydrogen-bond acceptors (Lipinski definition) is 5. The molecule has 1 aliphatic carbocycles. The van der Waals surface area contributed by atoms with Crippen LogP contribution in [0.25, 0.3) is 0 Å². The van der Waals surface area contributed by atoms with E-state index in [1.165, 1.54) is 23.3 Å². The first-order chi connectivity index (χ1) is 11.8. The van der Waals surface area contributed by atoms with Gasteiger partial charge in [-0.15, -0.1) is 0 Å². The quantitative estimate of drug-likeness (QED) is 0.618. The molecule has 1 atom stereocenters. The molecule has 0 amide bonds. The van der Waals surface area contributed by atoms with Crippen molar-refractivity contribution in [1.29, 1.82) is 0 Å². The summed E-state index contributed by atoms with van der Waals surface area (Å²) in [6.07, 6.45) is 3.70. The van der Waals surface area contributed by atoms with Gasteiger partial charge in [0.1, 0.15) is 5.69 Å². The molecule has 0 saturated carbocycles. The van der Waals surface area contributed by atoms with E-state index >= 15 is 0 Å². The standard InChI is InChI=1S/C18H20N2O4S/c1-19(15-8-7-13-5-3-4-6-14(13)11-15)17-10-9-16(25(2,23)24)12-18(17)20(21)22/h3-6,9-10,12,15H,7-8,11H2,1-2H3. The van der Waals surface area contributed by atoms with Gasteiger partial charge in [0.05, 0.1) is 9.82 Å². The summed E-state index contributed by atoms with van der Waals surface area (Å²) in [6, 6.07) is 12.5. The highest BCUT2D eigenvalue weighted by molar-refractivity contribution is 7.90. The normalized spacial score (nSPS) is 17.0. The fourth-order valence-electron chi connectivity index (χ4n) is 3.38. The highest BCUT2D eigenvalue weighted by Crippen LogP contribution is 2.34. The number of nitro groups is 1. The number of sulfone groups is 1. The highest BCUT2D eigenvalue weighted by Gasteiger charge is 2.27. The second kappa shape index (κ2) is 6.48. The van der Waals surface area contributed by atoms with Crippen LogP contribution in [0.3, 0.4) is 0 Å². The van der Waals surface area contributed by atoms with Crippen LogP contribution in [0.15, 0.2) is 47.4 Å². The van der Waals surface area contributed by atoms with E-state index in [9.17, 15) is 18.5 Å². The number of anilines is 1. The summed E-state index contributed by atoms with van der Waals surface area (Å²) >= 11 is 0. The number of benzene rings is 2. The number of fused-ring (bicyclic) bond motifs is 1. The van der Waals surface area contributed by atoms with Crippen molar-refractivity contribution in [1.82, 2.24) is 0 Å². The largest absolute Gasteiger partial charge is 0.366 e. The Kier molecular flexibility index (Phi) is 4.51. The van der Waals surface area contributed by atoms with E-state index < -0.39 is 14.8 Å². The fourth-order valence-corrected chi connectivity index (χ4v) is 4.03. The van der Waals surface area contributed by atoms with Gasteiger partial charge in [0.25, 0.3) is 5.69 Å². The van der Waals surface area contributed by atoms with Crippen molar-refractivity contribution in [2.75, 3.05) is 18.2 Å². The summed E-state index contributed by atoms with van der Waals surface area (Å²) in [5, 5.41) is 11.5. The maximum absolute atomic E-state index is 11.7. The Morgan fingerprint density at radius 1 is 1.16 bits per heavy atom. The second-order valence-electron chi connectivity index (χ2n) is 6.46. The molecule has 0 aliphatic heterocycles. The van der Waals surface area contributed by atoms with E-state index in [1.807, 2.05) is 24.1 Å². The molecule has 1 unspecified atom stereocenters. The lowest BCUT2D eigenvalue weighted by molar-refractivity contribution is -0.384. The summed E-state index contributed by atoms with van der Waals surface area (Å²) in [4.78, 5) is 12.8. The molecule has 0 saturated heterocycles. The van der Waals surface area contributed by atoms with Gasteiger partial charge in [-0.05, 0) is 42.5 Å². The van der Waals surface area contributed by atoms with Gasteiger partial charge in [-0.25, -0.2) is 8.42 Å². The van der Waals surface area contributed by atoms with E-state index in [1.54, 1.807) is 0 Å². The molecule has 6 nitrogen and oxygen atoms in total. The molecule has 1 aliphatic rings. The van der Waals surface area contributed by atoms with E-state index in [0.717, 1.165) is 31.6 Å². The van der Waals surface area contributed by atoms with Crippen LogP contribution in [0.4, 0.5) is 11.4 Å². The Labute approximate surface area is 147 Å². The summed E-state index contributed by atoms with van der Waals surface area (Å²) in [6.45, 7) is 0. The Morgan fingerprint density at radius 2 is 1.84 bits per heavy atom. The zero-order chi connectivity index (χ0) is 18.2. The zero-order valence-electron chi connectivity index (χ0n) is 14.2. The molecule has 7 heteroatoms. The highest BCUT2D eigenvalue weighted by atomic mass is 32.2. The minimum Gasteiger partial charge on any atom is -0.366 e. The van der Waals surface area contributed by atoms with Crippen molar-refractivity contribution in [3.05, 3.63) is 63.7 Å². The maximum Gasteiger partial charge on any atom is 0.293 e. The number of likely N-dealkylation sites (N-methyl/N-ethyl adjacent to an activating group) is 1. The van der Waals surface area contributed by atoms with Gasteiger partial charge in [-0.3, -0.25) is 10.1 Å². The SMILES string of the molecule is CN(c1ccc(S(C)(=O)=O)cc1[N+](=O)[O-])C1CCc2ccccc2C1. The Bertz CT molecular complexity index is 924. The number of nitrogens with zero attached hydrogens (tertiary/aromatic N) is 2. The molecule has 0 aromatic heterocycles. The van der Waals surface area contributed by atoms with Crippen LogP contribution in [0.2, 0.25) is 0 Å². The molecule has 0 heterocycles. The Hall–Kier alpha value is -2.41. The van der Waals surface area contributed by atoms with E-state index in [-0.39, 0.29) is 16.6 Å². The lowest BCUT2D eigenvalue weighted by Gasteiger charge is -2.33. The molecule has 3 rings (SSSR count). The molecule has 0 bridgehead atoms. The smallest absolute Gasteiger partial charge is 0.293 e. The van der Waals surface area contributed by atoms with Gasteiger partial charge in [0, 0.05) is 25.4 Å². The van der Waals surface area contributed by atoms with Gasteiger partial charge >= 0.3 is 0 Å². The van der Waals surface area contributed by atoms with Crippen molar-refractivity contribution in [3.8, 4) is 0 Å². The van der Waals surface area contributed by atoms with E-state index in [2.05, 4.69) is 12.1 Å². The third-order valence-electron chi connectivity index (χ3n) is 4.82. The van der Waals surface area contributed by atoms with Crippen LogP contribution in [0.1, 0.15) is 17.5 Å².